The Morgan fingerprint density at radius 1 is 1.19 bits per heavy atom. The molecule has 3 nitrogen and oxygen atoms in total. The monoisotopic (exact) mass is 346 g/mol. The molecule has 1 aromatic carbocycles. The molecule has 16 heavy (non-hydrogen) atoms. The van der Waals surface area contributed by atoms with Crippen molar-refractivity contribution in [2.45, 2.75) is 0 Å². The van der Waals surface area contributed by atoms with E-state index in [-0.39, 0.29) is 5.82 Å². The highest BCUT2D eigenvalue weighted by Crippen LogP contribution is 2.28. The molecule has 1 aromatic heterocycles. The SMILES string of the molecule is Fc1ccc(Oc2ncncc2Br)cc1Br. The molecule has 0 radical (unpaired) electrons. The van der Waals surface area contributed by atoms with Gasteiger partial charge in [0.1, 0.15) is 17.9 Å². The molecular formula is C10H5Br2FN2O. The maximum absolute atomic E-state index is 13.0. The predicted molar refractivity (Wildman–Crippen MR) is 63.9 cm³/mol. The van der Waals surface area contributed by atoms with Crippen LogP contribution in [-0.2, 0) is 0 Å². The van der Waals surface area contributed by atoms with Crippen molar-refractivity contribution in [3.63, 3.8) is 0 Å². The molecule has 6 heteroatoms. The highest BCUT2D eigenvalue weighted by Gasteiger charge is 2.06. The van der Waals surface area contributed by atoms with Crippen LogP contribution >= 0.6 is 31.9 Å². The van der Waals surface area contributed by atoms with Gasteiger partial charge in [-0.25, -0.2) is 14.4 Å². The molecule has 0 unspecified atom stereocenters. The Kier molecular flexibility index (Phi) is 3.50. The van der Waals surface area contributed by atoms with Gasteiger partial charge in [-0.15, -0.1) is 0 Å². The van der Waals surface area contributed by atoms with E-state index in [1.807, 2.05) is 0 Å². The first-order valence-electron chi connectivity index (χ1n) is 4.25. The van der Waals surface area contributed by atoms with Crippen LogP contribution in [0.2, 0.25) is 0 Å². The lowest BCUT2D eigenvalue weighted by Gasteiger charge is -2.06. The van der Waals surface area contributed by atoms with E-state index in [1.54, 1.807) is 6.20 Å². The van der Waals surface area contributed by atoms with Gasteiger partial charge in [0.05, 0.1) is 8.95 Å². The van der Waals surface area contributed by atoms with Crippen LogP contribution in [-0.4, -0.2) is 9.97 Å². The van der Waals surface area contributed by atoms with E-state index in [0.29, 0.717) is 20.6 Å². The molecule has 0 aliphatic rings. The third-order valence-corrected chi connectivity index (χ3v) is 2.89. The van der Waals surface area contributed by atoms with E-state index in [9.17, 15) is 4.39 Å². The fourth-order valence-corrected chi connectivity index (χ4v) is 1.69. The summed E-state index contributed by atoms with van der Waals surface area (Å²) in [5, 5.41) is 0. The van der Waals surface area contributed by atoms with Crippen molar-refractivity contribution in [2.75, 3.05) is 0 Å². The summed E-state index contributed by atoms with van der Waals surface area (Å²) < 4.78 is 19.4. The smallest absolute Gasteiger partial charge is 0.236 e. The quantitative estimate of drug-likeness (QED) is 0.825. The Morgan fingerprint density at radius 3 is 2.69 bits per heavy atom. The number of nitrogens with zero attached hydrogens (tertiary/aromatic N) is 2. The molecular weight excluding hydrogens is 343 g/mol. The van der Waals surface area contributed by atoms with Gasteiger partial charge in [-0.3, -0.25) is 0 Å². The summed E-state index contributed by atoms with van der Waals surface area (Å²) in [5.74, 6) is 0.537. The van der Waals surface area contributed by atoms with Gasteiger partial charge in [0.15, 0.2) is 0 Å². The summed E-state index contributed by atoms with van der Waals surface area (Å²) in [6.07, 6.45) is 2.94. The van der Waals surface area contributed by atoms with Crippen LogP contribution in [0.25, 0.3) is 0 Å². The molecule has 0 saturated heterocycles. The molecule has 1 heterocycles. The first-order chi connectivity index (χ1) is 7.66. The topological polar surface area (TPSA) is 35.0 Å². The summed E-state index contributed by atoms with van der Waals surface area (Å²) in [6.45, 7) is 0. The fraction of sp³-hybridized carbons (Fsp3) is 0. The van der Waals surface area contributed by atoms with Gasteiger partial charge in [0.2, 0.25) is 5.88 Å². The largest absolute Gasteiger partial charge is 0.438 e. The van der Waals surface area contributed by atoms with Crippen molar-refractivity contribution < 1.29 is 9.13 Å². The third-order valence-electron chi connectivity index (χ3n) is 1.74. The van der Waals surface area contributed by atoms with Gasteiger partial charge in [-0.1, -0.05) is 0 Å². The number of halogens is 3. The van der Waals surface area contributed by atoms with Crippen molar-refractivity contribution in [3.8, 4) is 11.6 Å². The number of ether oxygens (including phenoxy) is 1. The first-order valence-corrected chi connectivity index (χ1v) is 5.84. The maximum Gasteiger partial charge on any atom is 0.236 e. The Balaban J connectivity index is 2.28. The van der Waals surface area contributed by atoms with E-state index < -0.39 is 0 Å². The molecule has 0 amide bonds. The lowest BCUT2D eigenvalue weighted by molar-refractivity contribution is 0.456. The first kappa shape index (κ1) is 11.5. The standard InChI is InChI=1S/C10H5Br2FN2O/c11-7-3-6(1-2-9(7)13)16-10-8(12)4-14-5-15-10/h1-5H. The molecule has 2 aromatic rings. The van der Waals surface area contributed by atoms with E-state index >= 15 is 0 Å². The van der Waals surface area contributed by atoms with Gasteiger partial charge >= 0.3 is 0 Å². The zero-order valence-corrected chi connectivity index (χ0v) is 11.0. The van der Waals surface area contributed by atoms with Crippen LogP contribution in [0.1, 0.15) is 0 Å². The predicted octanol–water partition coefficient (Wildman–Crippen LogP) is 3.93. The minimum Gasteiger partial charge on any atom is -0.438 e. The Bertz CT molecular complexity index is 522. The molecule has 0 saturated carbocycles. The van der Waals surface area contributed by atoms with Crippen molar-refractivity contribution >= 4 is 31.9 Å². The summed E-state index contributed by atoms with van der Waals surface area (Å²) in [5.41, 5.74) is 0. The Labute approximate surface area is 108 Å². The van der Waals surface area contributed by atoms with Crippen molar-refractivity contribution in [1.82, 2.24) is 9.97 Å². The van der Waals surface area contributed by atoms with Crippen LogP contribution in [0.3, 0.4) is 0 Å². The van der Waals surface area contributed by atoms with Gasteiger partial charge in [0, 0.05) is 6.20 Å². The molecule has 0 bridgehead atoms. The molecule has 0 N–H and O–H groups in total. The summed E-state index contributed by atoms with van der Waals surface area (Å²) >= 11 is 6.33. The molecule has 2 rings (SSSR count). The van der Waals surface area contributed by atoms with Gasteiger partial charge in [-0.05, 0) is 50.1 Å². The molecule has 0 aliphatic carbocycles. The average Bonchev–Trinajstić information content (AvgIpc) is 2.27. The lowest BCUT2D eigenvalue weighted by Crippen LogP contribution is -1.90. The number of benzene rings is 1. The van der Waals surface area contributed by atoms with Crippen molar-refractivity contribution in [2.24, 2.45) is 0 Å². The Hall–Kier alpha value is -1.01. The normalized spacial score (nSPS) is 10.2. The molecule has 82 valence electrons. The van der Waals surface area contributed by atoms with Crippen LogP contribution in [0.15, 0.2) is 39.7 Å². The molecule has 0 aliphatic heterocycles. The highest BCUT2D eigenvalue weighted by molar-refractivity contribution is 9.10. The zero-order valence-electron chi connectivity index (χ0n) is 7.82. The van der Waals surface area contributed by atoms with Crippen LogP contribution in [0.4, 0.5) is 4.39 Å². The second-order valence-electron chi connectivity index (χ2n) is 2.85. The van der Waals surface area contributed by atoms with Crippen LogP contribution in [0.5, 0.6) is 11.6 Å². The number of hydrogen-bond acceptors (Lipinski definition) is 3. The second-order valence-corrected chi connectivity index (χ2v) is 4.56. The van der Waals surface area contributed by atoms with E-state index in [1.165, 1.54) is 24.5 Å². The average molecular weight is 348 g/mol. The molecule has 0 atom stereocenters. The fourth-order valence-electron chi connectivity index (χ4n) is 1.03. The summed E-state index contributed by atoms with van der Waals surface area (Å²) in [6, 6.07) is 4.37. The van der Waals surface area contributed by atoms with E-state index in [2.05, 4.69) is 41.8 Å². The minimum atomic E-state index is -0.339. The lowest BCUT2D eigenvalue weighted by atomic mass is 10.3. The number of hydrogen-bond donors (Lipinski definition) is 0. The third kappa shape index (κ3) is 2.56. The Morgan fingerprint density at radius 2 is 2.00 bits per heavy atom. The van der Waals surface area contributed by atoms with E-state index in [4.69, 9.17) is 4.74 Å². The maximum atomic E-state index is 13.0. The van der Waals surface area contributed by atoms with Gasteiger partial charge in [0.25, 0.3) is 0 Å². The molecule has 0 spiro atoms. The summed E-state index contributed by atoms with van der Waals surface area (Å²) in [4.78, 5) is 7.75. The second kappa shape index (κ2) is 4.88. The van der Waals surface area contributed by atoms with Gasteiger partial charge < -0.3 is 4.74 Å². The summed E-state index contributed by atoms with van der Waals surface area (Å²) in [7, 11) is 0. The highest BCUT2D eigenvalue weighted by atomic mass is 79.9. The van der Waals surface area contributed by atoms with Crippen LogP contribution in [0, 0.1) is 5.82 Å². The van der Waals surface area contributed by atoms with Gasteiger partial charge in [-0.2, -0.15) is 0 Å². The van der Waals surface area contributed by atoms with Crippen LogP contribution < -0.4 is 4.74 Å². The minimum absolute atomic E-state index is 0.339. The van der Waals surface area contributed by atoms with Crippen molar-refractivity contribution in [3.05, 3.63) is 45.5 Å². The van der Waals surface area contributed by atoms with Crippen molar-refractivity contribution in [1.29, 1.82) is 0 Å². The van der Waals surface area contributed by atoms with E-state index in [0.717, 1.165) is 0 Å². The number of aromatic nitrogens is 2. The number of rotatable bonds is 2. The zero-order chi connectivity index (χ0) is 11.5. The molecule has 0 fully saturated rings.